The fourth-order valence-corrected chi connectivity index (χ4v) is 2.43. The SMILES string of the molecule is CC(N)c1nc(C(=O)N2CCCC2)cs1. The lowest BCUT2D eigenvalue weighted by atomic mass is 10.4. The van der Waals surface area contributed by atoms with Crippen LogP contribution in [0.15, 0.2) is 5.38 Å². The van der Waals surface area contributed by atoms with Crippen molar-refractivity contribution in [1.29, 1.82) is 0 Å². The van der Waals surface area contributed by atoms with Gasteiger partial charge in [-0.3, -0.25) is 4.79 Å². The molecule has 0 bridgehead atoms. The molecule has 1 aromatic heterocycles. The van der Waals surface area contributed by atoms with Crippen molar-refractivity contribution in [3.8, 4) is 0 Å². The molecule has 0 spiro atoms. The molecule has 1 aromatic rings. The van der Waals surface area contributed by atoms with E-state index in [0.29, 0.717) is 5.69 Å². The van der Waals surface area contributed by atoms with E-state index in [1.54, 1.807) is 5.38 Å². The standard InChI is InChI=1S/C10H15N3OS/c1-7(11)9-12-8(6-15-9)10(14)13-4-2-3-5-13/h6-7H,2-5,11H2,1H3. The van der Waals surface area contributed by atoms with Crippen LogP contribution in [-0.4, -0.2) is 28.9 Å². The summed E-state index contributed by atoms with van der Waals surface area (Å²) in [6.45, 7) is 3.61. The van der Waals surface area contributed by atoms with Crippen molar-refractivity contribution in [3.63, 3.8) is 0 Å². The van der Waals surface area contributed by atoms with Crippen LogP contribution in [0.25, 0.3) is 0 Å². The third-order valence-electron chi connectivity index (χ3n) is 2.52. The Morgan fingerprint density at radius 3 is 2.80 bits per heavy atom. The number of nitrogens with two attached hydrogens (primary N) is 1. The van der Waals surface area contributed by atoms with E-state index in [0.717, 1.165) is 30.9 Å². The molecule has 15 heavy (non-hydrogen) atoms. The van der Waals surface area contributed by atoms with Crippen LogP contribution >= 0.6 is 11.3 Å². The Bertz CT molecular complexity index is 355. The quantitative estimate of drug-likeness (QED) is 0.827. The topological polar surface area (TPSA) is 59.2 Å². The van der Waals surface area contributed by atoms with Crippen molar-refractivity contribution in [2.24, 2.45) is 5.73 Å². The molecule has 0 aromatic carbocycles. The van der Waals surface area contributed by atoms with Gasteiger partial charge in [-0.25, -0.2) is 4.98 Å². The molecule has 2 rings (SSSR count). The molecule has 2 heterocycles. The van der Waals surface area contributed by atoms with Gasteiger partial charge in [-0.2, -0.15) is 0 Å². The number of amides is 1. The molecule has 1 fully saturated rings. The molecule has 0 aliphatic carbocycles. The molecular formula is C10H15N3OS. The smallest absolute Gasteiger partial charge is 0.273 e. The zero-order chi connectivity index (χ0) is 10.8. The Morgan fingerprint density at radius 2 is 2.27 bits per heavy atom. The minimum atomic E-state index is -0.0878. The lowest BCUT2D eigenvalue weighted by Gasteiger charge is -2.12. The number of carbonyl (C=O) groups excluding carboxylic acids is 1. The van der Waals surface area contributed by atoms with Crippen LogP contribution in [0.5, 0.6) is 0 Å². The Kier molecular flexibility index (Phi) is 3.02. The highest BCUT2D eigenvalue weighted by Gasteiger charge is 2.21. The first-order valence-electron chi connectivity index (χ1n) is 5.19. The summed E-state index contributed by atoms with van der Waals surface area (Å²) in [6, 6.07) is -0.0878. The van der Waals surface area contributed by atoms with Crippen LogP contribution in [0.4, 0.5) is 0 Å². The van der Waals surface area contributed by atoms with E-state index in [2.05, 4.69) is 4.98 Å². The van der Waals surface area contributed by atoms with Gasteiger partial charge in [0.1, 0.15) is 10.7 Å². The van der Waals surface area contributed by atoms with Gasteiger partial charge in [0.25, 0.3) is 5.91 Å². The predicted molar refractivity (Wildman–Crippen MR) is 59.9 cm³/mol. The largest absolute Gasteiger partial charge is 0.337 e. The summed E-state index contributed by atoms with van der Waals surface area (Å²) >= 11 is 1.46. The molecule has 0 radical (unpaired) electrons. The van der Waals surface area contributed by atoms with Crippen LogP contribution in [0.3, 0.4) is 0 Å². The Labute approximate surface area is 93.1 Å². The van der Waals surface area contributed by atoms with Gasteiger partial charge in [0, 0.05) is 18.5 Å². The summed E-state index contributed by atoms with van der Waals surface area (Å²) in [6.07, 6.45) is 2.21. The molecule has 1 aliphatic rings. The number of rotatable bonds is 2. The number of aromatic nitrogens is 1. The molecule has 1 aliphatic heterocycles. The minimum Gasteiger partial charge on any atom is -0.337 e. The Morgan fingerprint density at radius 1 is 1.60 bits per heavy atom. The van der Waals surface area contributed by atoms with Gasteiger partial charge in [0.05, 0.1) is 6.04 Å². The molecule has 0 saturated carbocycles. The molecule has 1 amide bonds. The molecule has 1 atom stereocenters. The fourth-order valence-electron chi connectivity index (χ4n) is 1.68. The van der Waals surface area contributed by atoms with Gasteiger partial charge < -0.3 is 10.6 Å². The normalized spacial score (nSPS) is 18.1. The fraction of sp³-hybridized carbons (Fsp3) is 0.600. The van der Waals surface area contributed by atoms with Crippen molar-refractivity contribution < 1.29 is 4.79 Å². The maximum absolute atomic E-state index is 11.9. The van der Waals surface area contributed by atoms with E-state index in [1.807, 2.05) is 11.8 Å². The van der Waals surface area contributed by atoms with Gasteiger partial charge >= 0.3 is 0 Å². The number of carbonyl (C=O) groups is 1. The zero-order valence-corrected chi connectivity index (χ0v) is 9.59. The van der Waals surface area contributed by atoms with Crippen molar-refractivity contribution in [2.75, 3.05) is 13.1 Å². The third kappa shape index (κ3) is 2.18. The summed E-state index contributed by atoms with van der Waals surface area (Å²) in [4.78, 5) is 18.0. The number of hydrogen-bond donors (Lipinski definition) is 1. The van der Waals surface area contributed by atoms with Crippen molar-refractivity contribution in [1.82, 2.24) is 9.88 Å². The van der Waals surface area contributed by atoms with Gasteiger partial charge in [0.2, 0.25) is 0 Å². The van der Waals surface area contributed by atoms with Gasteiger partial charge in [-0.15, -0.1) is 11.3 Å². The van der Waals surface area contributed by atoms with Crippen LogP contribution in [0.2, 0.25) is 0 Å². The predicted octanol–water partition coefficient (Wildman–Crippen LogP) is 1.40. The van der Waals surface area contributed by atoms with E-state index in [9.17, 15) is 4.79 Å². The summed E-state index contributed by atoms with van der Waals surface area (Å²) in [5, 5.41) is 2.64. The molecule has 5 heteroatoms. The summed E-state index contributed by atoms with van der Waals surface area (Å²) < 4.78 is 0. The highest BCUT2D eigenvalue weighted by Crippen LogP contribution is 2.18. The monoisotopic (exact) mass is 225 g/mol. The highest BCUT2D eigenvalue weighted by molar-refractivity contribution is 7.09. The van der Waals surface area contributed by atoms with E-state index in [-0.39, 0.29) is 11.9 Å². The lowest BCUT2D eigenvalue weighted by Crippen LogP contribution is -2.27. The maximum Gasteiger partial charge on any atom is 0.273 e. The molecule has 4 nitrogen and oxygen atoms in total. The first-order valence-corrected chi connectivity index (χ1v) is 6.06. The third-order valence-corrected chi connectivity index (χ3v) is 3.57. The molecule has 82 valence electrons. The summed E-state index contributed by atoms with van der Waals surface area (Å²) in [5.74, 6) is 0.0515. The number of hydrogen-bond acceptors (Lipinski definition) is 4. The second-order valence-corrected chi connectivity index (χ2v) is 4.75. The highest BCUT2D eigenvalue weighted by atomic mass is 32.1. The molecule has 1 saturated heterocycles. The lowest BCUT2D eigenvalue weighted by molar-refractivity contribution is 0.0787. The van der Waals surface area contributed by atoms with Gasteiger partial charge in [-0.1, -0.05) is 0 Å². The van der Waals surface area contributed by atoms with Crippen molar-refractivity contribution in [2.45, 2.75) is 25.8 Å². The first-order chi connectivity index (χ1) is 7.18. The molecule has 2 N–H and O–H groups in total. The van der Waals surface area contributed by atoms with E-state index < -0.39 is 0 Å². The number of likely N-dealkylation sites (tertiary alicyclic amines) is 1. The van der Waals surface area contributed by atoms with Crippen molar-refractivity contribution in [3.05, 3.63) is 16.1 Å². The van der Waals surface area contributed by atoms with Crippen LogP contribution in [-0.2, 0) is 0 Å². The van der Waals surface area contributed by atoms with Gasteiger partial charge in [-0.05, 0) is 19.8 Å². The molecule has 1 unspecified atom stereocenters. The average molecular weight is 225 g/mol. The summed E-state index contributed by atoms with van der Waals surface area (Å²) in [7, 11) is 0. The molecular weight excluding hydrogens is 210 g/mol. The van der Waals surface area contributed by atoms with Gasteiger partial charge in [0.15, 0.2) is 0 Å². The first kappa shape index (κ1) is 10.6. The summed E-state index contributed by atoms with van der Waals surface area (Å²) in [5.41, 5.74) is 6.25. The van der Waals surface area contributed by atoms with Crippen LogP contribution in [0.1, 0.15) is 41.3 Å². The maximum atomic E-state index is 11.9. The number of thiazole rings is 1. The minimum absolute atomic E-state index is 0.0515. The zero-order valence-electron chi connectivity index (χ0n) is 8.77. The van der Waals surface area contributed by atoms with E-state index in [1.165, 1.54) is 11.3 Å². The second kappa shape index (κ2) is 4.28. The van der Waals surface area contributed by atoms with E-state index in [4.69, 9.17) is 5.73 Å². The second-order valence-electron chi connectivity index (χ2n) is 3.86. The van der Waals surface area contributed by atoms with Crippen molar-refractivity contribution >= 4 is 17.2 Å². The van der Waals surface area contributed by atoms with Crippen LogP contribution in [0, 0.1) is 0 Å². The Balaban J connectivity index is 2.11. The number of nitrogens with zero attached hydrogens (tertiary/aromatic N) is 2. The Hall–Kier alpha value is -0.940. The van der Waals surface area contributed by atoms with Crippen LogP contribution < -0.4 is 5.73 Å². The van der Waals surface area contributed by atoms with E-state index >= 15 is 0 Å². The average Bonchev–Trinajstić information content (AvgIpc) is 2.88.